The number of nitrogens with zero attached hydrogens (tertiary/aromatic N) is 4. The van der Waals surface area contributed by atoms with E-state index in [1.165, 1.54) is 18.4 Å². The largest absolute Gasteiger partial charge is 0.352 e. The molecule has 0 N–H and O–H groups in total. The van der Waals surface area contributed by atoms with Crippen LogP contribution in [-0.2, 0) is 0 Å². The highest BCUT2D eigenvalue weighted by atomic mass is 16.2. The molecule has 1 aliphatic carbocycles. The van der Waals surface area contributed by atoms with E-state index in [0.717, 1.165) is 37.6 Å². The Bertz CT molecular complexity index is 691. The van der Waals surface area contributed by atoms with Crippen LogP contribution in [0.25, 0.3) is 0 Å². The van der Waals surface area contributed by atoms with Gasteiger partial charge in [-0.15, -0.1) is 0 Å². The second kappa shape index (κ2) is 5.99. The zero-order chi connectivity index (χ0) is 15.6. The number of piperazine rings is 1. The van der Waals surface area contributed by atoms with Crippen molar-refractivity contribution in [2.24, 2.45) is 0 Å². The Hall–Kier alpha value is -2.43. The van der Waals surface area contributed by atoms with Gasteiger partial charge in [0.05, 0.1) is 6.20 Å². The third-order valence-electron chi connectivity index (χ3n) is 4.62. The van der Waals surface area contributed by atoms with Gasteiger partial charge in [0, 0.05) is 44.1 Å². The molecule has 1 saturated heterocycles. The average Bonchev–Trinajstić information content (AvgIpc) is 3.47. The zero-order valence-corrected chi connectivity index (χ0v) is 13.1. The van der Waals surface area contributed by atoms with Gasteiger partial charge in [0.25, 0.3) is 5.91 Å². The Morgan fingerprint density at radius 3 is 2.61 bits per heavy atom. The first-order valence-corrected chi connectivity index (χ1v) is 8.21. The van der Waals surface area contributed by atoms with Gasteiger partial charge in [-0.1, -0.05) is 12.1 Å². The summed E-state index contributed by atoms with van der Waals surface area (Å²) >= 11 is 0. The molecule has 0 spiro atoms. The maximum Gasteiger partial charge on any atom is 0.253 e. The number of carbonyl (C=O) groups excluding carboxylic acids is 1. The fourth-order valence-electron chi connectivity index (χ4n) is 3.12. The molecule has 5 heteroatoms. The molecule has 0 radical (unpaired) electrons. The number of hydrogen-bond donors (Lipinski definition) is 0. The van der Waals surface area contributed by atoms with E-state index in [4.69, 9.17) is 0 Å². The smallest absolute Gasteiger partial charge is 0.253 e. The van der Waals surface area contributed by atoms with E-state index in [2.05, 4.69) is 27.0 Å². The summed E-state index contributed by atoms with van der Waals surface area (Å²) in [4.78, 5) is 25.3. The predicted octanol–water partition coefficient (Wildman–Crippen LogP) is 2.32. The highest BCUT2D eigenvalue weighted by Crippen LogP contribution is 2.40. The van der Waals surface area contributed by atoms with Crippen LogP contribution >= 0.6 is 0 Å². The number of rotatable bonds is 3. The van der Waals surface area contributed by atoms with Gasteiger partial charge in [-0.2, -0.15) is 0 Å². The summed E-state index contributed by atoms with van der Waals surface area (Å²) in [6, 6.07) is 8.16. The number of benzene rings is 1. The van der Waals surface area contributed by atoms with E-state index in [1.54, 1.807) is 18.6 Å². The van der Waals surface area contributed by atoms with Crippen molar-refractivity contribution in [2.45, 2.75) is 18.8 Å². The van der Waals surface area contributed by atoms with Crippen LogP contribution < -0.4 is 4.90 Å². The van der Waals surface area contributed by atoms with Crippen LogP contribution in [0.4, 0.5) is 5.82 Å². The molecule has 1 aromatic heterocycles. The summed E-state index contributed by atoms with van der Waals surface area (Å²) in [7, 11) is 0. The lowest BCUT2D eigenvalue weighted by Crippen LogP contribution is -2.49. The Morgan fingerprint density at radius 2 is 1.91 bits per heavy atom. The Morgan fingerprint density at radius 1 is 1.09 bits per heavy atom. The molecule has 5 nitrogen and oxygen atoms in total. The van der Waals surface area contributed by atoms with Gasteiger partial charge in [0.15, 0.2) is 0 Å². The van der Waals surface area contributed by atoms with Gasteiger partial charge in [-0.05, 0) is 36.5 Å². The minimum absolute atomic E-state index is 0.145. The van der Waals surface area contributed by atoms with Crippen molar-refractivity contribution < 1.29 is 4.79 Å². The molecule has 2 fully saturated rings. The molecule has 1 amide bonds. The van der Waals surface area contributed by atoms with Crippen LogP contribution in [-0.4, -0.2) is 47.0 Å². The first-order valence-electron chi connectivity index (χ1n) is 8.21. The van der Waals surface area contributed by atoms with Crippen LogP contribution in [0, 0.1) is 0 Å². The lowest BCUT2D eigenvalue weighted by Gasteiger charge is -2.35. The van der Waals surface area contributed by atoms with Crippen molar-refractivity contribution in [1.29, 1.82) is 0 Å². The number of hydrogen-bond acceptors (Lipinski definition) is 4. The second-order valence-electron chi connectivity index (χ2n) is 6.24. The molecule has 1 aliphatic heterocycles. The molecule has 2 heterocycles. The van der Waals surface area contributed by atoms with Gasteiger partial charge in [0.1, 0.15) is 5.82 Å². The van der Waals surface area contributed by atoms with E-state index in [9.17, 15) is 4.79 Å². The predicted molar refractivity (Wildman–Crippen MR) is 88.6 cm³/mol. The molecule has 1 aromatic carbocycles. The van der Waals surface area contributed by atoms with Gasteiger partial charge < -0.3 is 9.80 Å². The number of aromatic nitrogens is 2. The number of amides is 1. The molecule has 23 heavy (non-hydrogen) atoms. The Balaban J connectivity index is 1.42. The fourth-order valence-corrected chi connectivity index (χ4v) is 3.12. The summed E-state index contributed by atoms with van der Waals surface area (Å²) < 4.78 is 0. The maximum absolute atomic E-state index is 12.7. The van der Waals surface area contributed by atoms with Gasteiger partial charge in [-0.25, -0.2) is 4.98 Å². The molecule has 0 bridgehead atoms. The minimum Gasteiger partial charge on any atom is -0.352 e. The van der Waals surface area contributed by atoms with Crippen molar-refractivity contribution in [1.82, 2.24) is 14.9 Å². The lowest BCUT2D eigenvalue weighted by atomic mass is 10.1. The van der Waals surface area contributed by atoms with Crippen molar-refractivity contribution in [3.63, 3.8) is 0 Å². The van der Waals surface area contributed by atoms with Gasteiger partial charge in [0.2, 0.25) is 0 Å². The highest BCUT2D eigenvalue weighted by molar-refractivity contribution is 5.94. The summed E-state index contributed by atoms with van der Waals surface area (Å²) in [5.41, 5.74) is 2.14. The summed E-state index contributed by atoms with van der Waals surface area (Å²) in [6.45, 7) is 3.05. The van der Waals surface area contributed by atoms with Crippen molar-refractivity contribution in [3.05, 3.63) is 54.0 Å². The third kappa shape index (κ3) is 3.04. The number of anilines is 1. The number of carbonyl (C=O) groups is 1. The molecule has 2 aliphatic rings. The van der Waals surface area contributed by atoms with Crippen molar-refractivity contribution in [3.8, 4) is 0 Å². The molecule has 4 rings (SSSR count). The molecule has 0 atom stereocenters. The second-order valence-corrected chi connectivity index (χ2v) is 6.24. The molecular formula is C18H20N4O. The summed E-state index contributed by atoms with van der Waals surface area (Å²) in [5.74, 6) is 1.71. The average molecular weight is 308 g/mol. The van der Waals surface area contributed by atoms with Crippen LogP contribution in [0.1, 0.15) is 34.7 Å². The van der Waals surface area contributed by atoms with E-state index in [-0.39, 0.29) is 5.91 Å². The van der Waals surface area contributed by atoms with Crippen LogP contribution in [0.2, 0.25) is 0 Å². The quantitative estimate of drug-likeness (QED) is 0.873. The Labute approximate surface area is 136 Å². The summed E-state index contributed by atoms with van der Waals surface area (Å²) in [5, 5.41) is 0. The standard InChI is InChI=1S/C18H20N4O/c23-18(16-3-1-2-15(12-16)14-4-5-14)22-10-8-21(9-11-22)17-13-19-6-7-20-17/h1-3,6-7,12-14H,4-5,8-11H2. The van der Waals surface area contributed by atoms with E-state index in [0.29, 0.717) is 5.92 Å². The van der Waals surface area contributed by atoms with Gasteiger partial charge in [-0.3, -0.25) is 9.78 Å². The van der Waals surface area contributed by atoms with Crippen molar-refractivity contribution >= 4 is 11.7 Å². The molecule has 0 unspecified atom stereocenters. The third-order valence-corrected chi connectivity index (χ3v) is 4.62. The first kappa shape index (κ1) is 14.2. The van der Waals surface area contributed by atoms with Crippen molar-refractivity contribution in [2.75, 3.05) is 31.1 Å². The van der Waals surface area contributed by atoms with E-state index in [1.807, 2.05) is 17.0 Å². The fraction of sp³-hybridized carbons (Fsp3) is 0.389. The maximum atomic E-state index is 12.7. The minimum atomic E-state index is 0.145. The van der Waals surface area contributed by atoms with Crippen LogP contribution in [0.15, 0.2) is 42.9 Å². The van der Waals surface area contributed by atoms with E-state index < -0.39 is 0 Å². The van der Waals surface area contributed by atoms with Crippen LogP contribution in [0.5, 0.6) is 0 Å². The summed E-state index contributed by atoms with van der Waals surface area (Å²) in [6.07, 6.45) is 7.67. The molecule has 2 aromatic rings. The SMILES string of the molecule is O=C(c1cccc(C2CC2)c1)N1CCN(c2cnccn2)CC1. The highest BCUT2D eigenvalue weighted by Gasteiger charge is 2.26. The zero-order valence-electron chi connectivity index (χ0n) is 13.1. The van der Waals surface area contributed by atoms with E-state index >= 15 is 0 Å². The molecular weight excluding hydrogens is 288 g/mol. The first-order chi connectivity index (χ1) is 11.3. The lowest BCUT2D eigenvalue weighted by molar-refractivity contribution is 0.0746. The van der Waals surface area contributed by atoms with Gasteiger partial charge >= 0.3 is 0 Å². The topological polar surface area (TPSA) is 49.3 Å². The van der Waals surface area contributed by atoms with Crippen LogP contribution in [0.3, 0.4) is 0 Å². The Kier molecular flexibility index (Phi) is 3.69. The molecule has 1 saturated carbocycles. The molecule has 118 valence electrons. The monoisotopic (exact) mass is 308 g/mol. The normalized spacial score (nSPS) is 18.1.